The van der Waals surface area contributed by atoms with E-state index >= 15 is 0 Å². The predicted molar refractivity (Wildman–Crippen MR) is 45.4 cm³/mol. The molecule has 1 aliphatic heterocycles. The lowest BCUT2D eigenvalue weighted by Gasteiger charge is -2.31. The van der Waals surface area contributed by atoms with Crippen molar-refractivity contribution in [2.45, 2.75) is 30.8 Å². The molecular weight excluding hydrogens is 235 g/mol. The van der Waals surface area contributed by atoms with Gasteiger partial charge in [0.05, 0.1) is 6.04 Å². The number of carbonyl (C=O) groups excluding carboxylic acids is 1. The summed E-state index contributed by atoms with van der Waals surface area (Å²) in [5, 5.41) is 0. The Bertz CT molecular complexity index is 338. The Labute approximate surface area is 85.1 Å². The second-order valence-corrected chi connectivity index (χ2v) is 5.14. The van der Waals surface area contributed by atoms with Crippen molar-refractivity contribution in [1.82, 2.24) is 4.31 Å². The van der Waals surface area contributed by atoms with E-state index in [1.54, 1.807) is 0 Å². The fraction of sp³-hybridized carbons (Fsp3) is 0.857. The molecule has 1 saturated heterocycles. The highest BCUT2D eigenvalue weighted by Gasteiger charge is 2.52. The van der Waals surface area contributed by atoms with Gasteiger partial charge in [-0.3, -0.25) is 0 Å². The van der Waals surface area contributed by atoms with Crippen LogP contribution in [0.4, 0.5) is 13.2 Å². The summed E-state index contributed by atoms with van der Waals surface area (Å²) in [4.78, 5) is 10.5. The minimum atomic E-state index is -5.36. The molecule has 1 aliphatic rings. The van der Waals surface area contributed by atoms with Crippen LogP contribution < -0.4 is 0 Å². The summed E-state index contributed by atoms with van der Waals surface area (Å²) in [6, 6.07) is -1.18. The van der Waals surface area contributed by atoms with Crippen LogP contribution >= 0.6 is 0 Å². The Hall–Kier alpha value is -0.630. The highest BCUT2D eigenvalue weighted by Crippen LogP contribution is 2.30. The zero-order valence-electron chi connectivity index (χ0n) is 7.70. The molecule has 8 heteroatoms. The van der Waals surface area contributed by atoms with Gasteiger partial charge in [0.25, 0.3) is 0 Å². The first-order valence-corrected chi connectivity index (χ1v) is 5.78. The van der Waals surface area contributed by atoms with Gasteiger partial charge < -0.3 is 4.79 Å². The maximum absolute atomic E-state index is 12.2. The van der Waals surface area contributed by atoms with Gasteiger partial charge >= 0.3 is 15.5 Å². The minimum Gasteiger partial charge on any atom is -0.302 e. The third kappa shape index (κ3) is 2.31. The summed E-state index contributed by atoms with van der Waals surface area (Å²) >= 11 is 0. The fourth-order valence-corrected chi connectivity index (χ4v) is 2.65. The number of carbonyl (C=O) groups is 1. The van der Waals surface area contributed by atoms with Gasteiger partial charge in [-0.2, -0.15) is 17.5 Å². The number of aldehydes is 1. The third-order valence-corrected chi connectivity index (χ3v) is 3.91. The molecule has 0 bridgehead atoms. The largest absolute Gasteiger partial charge is 0.511 e. The number of piperidine rings is 1. The number of hydrogen-bond acceptors (Lipinski definition) is 3. The van der Waals surface area contributed by atoms with Crippen LogP contribution in [-0.4, -0.2) is 37.1 Å². The van der Waals surface area contributed by atoms with Crippen LogP contribution in [0.5, 0.6) is 0 Å². The Morgan fingerprint density at radius 3 is 2.33 bits per heavy atom. The first kappa shape index (κ1) is 12.4. The molecule has 0 aliphatic carbocycles. The fourth-order valence-electron chi connectivity index (χ4n) is 1.50. The van der Waals surface area contributed by atoms with E-state index in [0.29, 0.717) is 12.8 Å². The summed E-state index contributed by atoms with van der Waals surface area (Å²) in [6.07, 6.45) is 1.31. The Morgan fingerprint density at radius 2 is 1.87 bits per heavy atom. The van der Waals surface area contributed by atoms with E-state index in [1.807, 2.05) is 0 Å². The summed E-state index contributed by atoms with van der Waals surface area (Å²) < 4.78 is 58.8. The Morgan fingerprint density at radius 1 is 1.27 bits per heavy atom. The van der Waals surface area contributed by atoms with Crippen molar-refractivity contribution in [2.24, 2.45) is 0 Å². The van der Waals surface area contributed by atoms with E-state index in [9.17, 15) is 26.4 Å². The smallest absolute Gasteiger partial charge is 0.302 e. The van der Waals surface area contributed by atoms with Gasteiger partial charge in [0.2, 0.25) is 0 Å². The first-order chi connectivity index (χ1) is 6.80. The van der Waals surface area contributed by atoms with E-state index in [1.165, 1.54) is 0 Å². The number of hydrogen-bond donors (Lipinski definition) is 0. The third-order valence-electron chi connectivity index (χ3n) is 2.26. The SMILES string of the molecule is O=CC1CCCCN1S(=O)(=O)C(F)(F)F. The highest BCUT2D eigenvalue weighted by molar-refractivity contribution is 7.90. The molecule has 1 atom stereocenters. The Kier molecular flexibility index (Phi) is 3.39. The normalized spacial score (nSPS) is 25.1. The lowest BCUT2D eigenvalue weighted by atomic mass is 10.1. The molecule has 15 heavy (non-hydrogen) atoms. The molecule has 0 aromatic rings. The van der Waals surface area contributed by atoms with E-state index in [0.717, 1.165) is 0 Å². The van der Waals surface area contributed by atoms with E-state index in [2.05, 4.69) is 0 Å². The second kappa shape index (κ2) is 4.09. The first-order valence-electron chi connectivity index (χ1n) is 4.34. The van der Waals surface area contributed by atoms with Crippen LogP contribution in [0.1, 0.15) is 19.3 Å². The minimum absolute atomic E-state index is 0.152. The Balaban J connectivity index is 2.99. The molecule has 0 saturated carbocycles. The van der Waals surface area contributed by atoms with Gasteiger partial charge in [0, 0.05) is 6.54 Å². The van der Waals surface area contributed by atoms with Crippen LogP contribution in [0.2, 0.25) is 0 Å². The molecule has 0 amide bonds. The quantitative estimate of drug-likeness (QED) is 0.679. The van der Waals surface area contributed by atoms with Crippen molar-refractivity contribution in [3.8, 4) is 0 Å². The average Bonchev–Trinajstić information content (AvgIpc) is 2.16. The van der Waals surface area contributed by atoms with Crippen LogP contribution in [0, 0.1) is 0 Å². The lowest BCUT2D eigenvalue weighted by molar-refractivity contribution is -0.112. The maximum Gasteiger partial charge on any atom is 0.511 e. The lowest BCUT2D eigenvalue weighted by Crippen LogP contribution is -2.49. The van der Waals surface area contributed by atoms with Crippen molar-refractivity contribution < 1.29 is 26.4 Å². The number of halogens is 3. The van der Waals surface area contributed by atoms with Crippen LogP contribution in [0.25, 0.3) is 0 Å². The molecule has 1 heterocycles. The van der Waals surface area contributed by atoms with E-state index in [4.69, 9.17) is 0 Å². The predicted octanol–water partition coefficient (Wildman–Crippen LogP) is 0.889. The monoisotopic (exact) mass is 245 g/mol. The molecule has 0 aromatic heterocycles. The molecule has 1 unspecified atom stereocenters. The molecule has 0 spiro atoms. The van der Waals surface area contributed by atoms with E-state index in [-0.39, 0.29) is 23.6 Å². The topological polar surface area (TPSA) is 54.5 Å². The number of rotatable bonds is 2. The maximum atomic E-state index is 12.2. The van der Waals surface area contributed by atoms with Crippen molar-refractivity contribution >= 4 is 16.3 Å². The summed E-state index contributed by atoms with van der Waals surface area (Å²) in [5.41, 5.74) is -5.33. The standard InChI is InChI=1S/C7H10F3NO3S/c8-7(9,10)15(13,14)11-4-2-1-3-6(11)5-12/h5-6H,1-4H2. The van der Waals surface area contributed by atoms with Crippen molar-refractivity contribution in [3.05, 3.63) is 0 Å². The zero-order chi connectivity index (χ0) is 11.7. The van der Waals surface area contributed by atoms with Crippen LogP contribution in [-0.2, 0) is 14.8 Å². The van der Waals surface area contributed by atoms with Gasteiger partial charge in [-0.1, -0.05) is 6.42 Å². The number of nitrogens with zero attached hydrogens (tertiary/aromatic N) is 1. The van der Waals surface area contributed by atoms with Gasteiger partial charge in [-0.25, -0.2) is 8.42 Å². The zero-order valence-corrected chi connectivity index (χ0v) is 8.51. The second-order valence-electron chi connectivity index (χ2n) is 3.26. The molecule has 88 valence electrons. The molecule has 1 rings (SSSR count). The highest BCUT2D eigenvalue weighted by atomic mass is 32.2. The molecular formula is C7H10F3NO3S. The summed E-state index contributed by atoms with van der Waals surface area (Å²) in [7, 11) is -5.36. The van der Waals surface area contributed by atoms with Gasteiger partial charge in [-0.15, -0.1) is 0 Å². The molecule has 1 fully saturated rings. The molecule has 0 radical (unpaired) electrons. The van der Waals surface area contributed by atoms with Gasteiger partial charge in [-0.05, 0) is 12.8 Å². The number of alkyl halides is 3. The van der Waals surface area contributed by atoms with Crippen LogP contribution in [0.15, 0.2) is 0 Å². The van der Waals surface area contributed by atoms with Crippen LogP contribution in [0.3, 0.4) is 0 Å². The molecule has 0 N–H and O–H groups in total. The molecule has 0 aromatic carbocycles. The van der Waals surface area contributed by atoms with Crippen molar-refractivity contribution in [2.75, 3.05) is 6.54 Å². The van der Waals surface area contributed by atoms with Gasteiger partial charge in [0.1, 0.15) is 6.29 Å². The summed E-state index contributed by atoms with van der Waals surface area (Å²) in [5.74, 6) is 0. The molecule has 4 nitrogen and oxygen atoms in total. The van der Waals surface area contributed by atoms with Crippen molar-refractivity contribution in [1.29, 1.82) is 0 Å². The van der Waals surface area contributed by atoms with E-state index < -0.39 is 21.6 Å². The van der Waals surface area contributed by atoms with Crippen molar-refractivity contribution in [3.63, 3.8) is 0 Å². The number of sulfonamides is 1. The average molecular weight is 245 g/mol. The van der Waals surface area contributed by atoms with Gasteiger partial charge in [0.15, 0.2) is 0 Å². The summed E-state index contributed by atoms with van der Waals surface area (Å²) in [6.45, 7) is -0.245.